The summed E-state index contributed by atoms with van der Waals surface area (Å²) in [6.07, 6.45) is 4.63. The number of primary amides is 1. The zero-order valence-corrected chi connectivity index (χ0v) is 26.1. The molecule has 2 heterocycles. The van der Waals surface area contributed by atoms with Crippen molar-refractivity contribution in [3.8, 4) is 0 Å². The van der Waals surface area contributed by atoms with E-state index in [1.807, 2.05) is 24.3 Å². The molecule has 0 bridgehead atoms. The Balaban J connectivity index is 1.13. The standard InChI is InChI=1S/C32H37Cl2N5O3S/c33-23-10-5-20(6-11-23)30(21-7-12-24(34)13-8-21)22-9-14-28-27(19-22)32(38-37-28)36-25-15-17-39(18-16-25)43(41,42)29-4-2-1-3-26(29)31(35)40/h1-8,10-13,22,25,27-28,30,32,36-38H,9,14-19H2,(H2,35,40). The lowest BCUT2D eigenvalue weighted by Crippen LogP contribution is -2.53. The predicted octanol–water partition coefficient (Wildman–Crippen LogP) is 4.89. The number of benzene rings is 3. The van der Waals surface area contributed by atoms with Crippen molar-refractivity contribution in [2.75, 3.05) is 13.1 Å². The lowest BCUT2D eigenvalue weighted by Gasteiger charge is -2.39. The Bertz CT molecular complexity index is 1500. The van der Waals surface area contributed by atoms with Gasteiger partial charge in [0, 0.05) is 47.1 Å². The number of carbonyl (C=O) groups is 1. The van der Waals surface area contributed by atoms with Crippen molar-refractivity contribution in [1.29, 1.82) is 0 Å². The fourth-order valence-corrected chi connectivity index (χ4v) is 9.11. The van der Waals surface area contributed by atoms with Gasteiger partial charge in [-0.15, -0.1) is 0 Å². The van der Waals surface area contributed by atoms with Crippen LogP contribution >= 0.6 is 23.2 Å². The molecule has 43 heavy (non-hydrogen) atoms. The average Bonchev–Trinajstić information content (AvgIpc) is 3.41. The van der Waals surface area contributed by atoms with Gasteiger partial charge in [0.15, 0.2) is 0 Å². The number of halogens is 2. The van der Waals surface area contributed by atoms with Crippen molar-refractivity contribution in [3.05, 3.63) is 99.5 Å². The van der Waals surface area contributed by atoms with Crippen LogP contribution in [0.1, 0.15) is 59.5 Å². The second-order valence-corrected chi connectivity index (χ2v) is 14.7. The summed E-state index contributed by atoms with van der Waals surface area (Å²) in [7, 11) is -3.82. The predicted molar refractivity (Wildman–Crippen MR) is 169 cm³/mol. The van der Waals surface area contributed by atoms with E-state index < -0.39 is 15.9 Å². The molecule has 3 aromatic rings. The van der Waals surface area contributed by atoms with Crippen LogP contribution in [-0.4, -0.2) is 50.0 Å². The van der Waals surface area contributed by atoms with Crippen molar-refractivity contribution in [2.45, 2.75) is 61.2 Å². The lowest BCUT2D eigenvalue weighted by molar-refractivity contribution is 0.0997. The van der Waals surface area contributed by atoms with Gasteiger partial charge in [0.2, 0.25) is 15.9 Å². The number of hydrogen-bond acceptors (Lipinski definition) is 6. The van der Waals surface area contributed by atoms with Gasteiger partial charge in [-0.05, 0) is 85.5 Å². The summed E-state index contributed by atoms with van der Waals surface area (Å²) in [6.45, 7) is 0.748. The minimum atomic E-state index is -3.82. The number of nitrogens with one attached hydrogen (secondary N) is 3. The van der Waals surface area contributed by atoms with Crippen LogP contribution in [0.25, 0.3) is 0 Å². The molecule has 5 N–H and O–H groups in total. The minimum Gasteiger partial charge on any atom is -0.366 e. The lowest BCUT2D eigenvalue weighted by atomic mass is 9.68. The van der Waals surface area contributed by atoms with E-state index in [4.69, 9.17) is 28.9 Å². The highest BCUT2D eigenvalue weighted by molar-refractivity contribution is 7.89. The Morgan fingerprint density at radius 3 is 2.07 bits per heavy atom. The third-order valence-electron chi connectivity index (χ3n) is 9.36. The third-order valence-corrected chi connectivity index (χ3v) is 11.8. The van der Waals surface area contributed by atoms with E-state index in [1.165, 1.54) is 27.6 Å². The first kappa shape index (κ1) is 30.5. The van der Waals surface area contributed by atoms with Crippen molar-refractivity contribution < 1.29 is 13.2 Å². The van der Waals surface area contributed by atoms with Crippen LogP contribution in [-0.2, 0) is 10.0 Å². The van der Waals surface area contributed by atoms with Gasteiger partial charge < -0.3 is 5.73 Å². The largest absolute Gasteiger partial charge is 0.366 e. The molecule has 4 unspecified atom stereocenters. The first-order valence-electron chi connectivity index (χ1n) is 14.9. The third kappa shape index (κ3) is 6.49. The van der Waals surface area contributed by atoms with Crippen LogP contribution < -0.4 is 21.9 Å². The van der Waals surface area contributed by atoms with Crippen LogP contribution in [0.5, 0.6) is 0 Å². The summed E-state index contributed by atoms with van der Waals surface area (Å²) in [5.74, 6) is 0.302. The fourth-order valence-electron chi connectivity index (χ4n) is 7.19. The zero-order chi connectivity index (χ0) is 30.1. The molecule has 0 spiro atoms. The van der Waals surface area contributed by atoms with Crippen LogP contribution in [0.3, 0.4) is 0 Å². The number of carbonyl (C=O) groups excluding carboxylic acids is 1. The minimum absolute atomic E-state index is 0.0253. The zero-order valence-electron chi connectivity index (χ0n) is 23.8. The highest BCUT2D eigenvalue weighted by Gasteiger charge is 2.44. The molecular formula is C32H37Cl2N5O3S. The van der Waals surface area contributed by atoms with Gasteiger partial charge in [0.25, 0.3) is 0 Å². The molecule has 3 fully saturated rings. The number of nitrogens with zero attached hydrogens (tertiary/aromatic N) is 1. The molecule has 1 amide bonds. The number of nitrogens with two attached hydrogens (primary N) is 1. The van der Waals surface area contributed by atoms with Gasteiger partial charge in [-0.1, -0.05) is 59.6 Å². The van der Waals surface area contributed by atoms with Crippen molar-refractivity contribution in [1.82, 2.24) is 20.5 Å². The van der Waals surface area contributed by atoms with Gasteiger partial charge in [-0.3, -0.25) is 15.5 Å². The number of rotatable bonds is 8. The van der Waals surface area contributed by atoms with Gasteiger partial charge in [-0.2, -0.15) is 4.31 Å². The van der Waals surface area contributed by atoms with Crippen molar-refractivity contribution >= 4 is 39.1 Å². The quantitative estimate of drug-likeness (QED) is 0.278. The number of hydrazine groups is 1. The Kier molecular flexibility index (Phi) is 9.12. The summed E-state index contributed by atoms with van der Waals surface area (Å²) in [5.41, 5.74) is 15.0. The van der Waals surface area contributed by atoms with E-state index in [0.717, 1.165) is 29.3 Å². The number of hydrogen-bond donors (Lipinski definition) is 4. The molecule has 0 radical (unpaired) electrons. The molecule has 4 atom stereocenters. The molecule has 2 aliphatic heterocycles. The van der Waals surface area contributed by atoms with Crippen LogP contribution in [0.2, 0.25) is 10.0 Å². The summed E-state index contributed by atoms with van der Waals surface area (Å²) in [6, 6.07) is 23.1. The highest BCUT2D eigenvalue weighted by atomic mass is 35.5. The summed E-state index contributed by atoms with van der Waals surface area (Å²) < 4.78 is 28.2. The van der Waals surface area contributed by atoms with E-state index in [1.54, 1.807) is 12.1 Å². The topological polar surface area (TPSA) is 117 Å². The van der Waals surface area contributed by atoms with Gasteiger partial charge in [0.1, 0.15) is 0 Å². The van der Waals surface area contributed by atoms with Crippen LogP contribution in [0.15, 0.2) is 77.7 Å². The fraction of sp³-hybridized carbons (Fsp3) is 0.406. The SMILES string of the molecule is NC(=O)c1ccccc1S(=O)(=O)N1CCC(NC2NNC3CCC(C(c4ccc(Cl)cc4)c4ccc(Cl)cc4)CC32)CC1. The maximum atomic E-state index is 13.4. The van der Waals surface area contributed by atoms with E-state index in [2.05, 4.69) is 40.4 Å². The second-order valence-electron chi connectivity index (χ2n) is 11.9. The highest BCUT2D eigenvalue weighted by Crippen LogP contribution is 2.44. The molecule has 3 aliphatic rings. The maximum Gasteiger partial charge on any atom is 0.250 e. The first-order valence-corrected chi connectivity index (χ1v) is 17.1. The molecule has 6 rings (SSSR count). The number of sulfonamides is 1. The van der Waals surface area contributed by atoms with Crippen LogP contribution in [0.4, 0.5) is 0 Å². The Morgan fingerprint density at radius 1 is 0.860 bits per heavy atom. The molecule has 11 heteroatoms. The van der Waals surface area contributed by atoms with Crippen molar-refractivity contribution in [2.24, 2.45) is 17.6 Å². The molecule has 8 nitrogen and oxygen atoms in total. The van der Waals surface area contributed by atoms with E-state index in [0.29, 0.717) is 43.8 Å². The normalized spacial score (nSPS) is 25.1. The number of fused-ring (bicyclic) bond motifs is 1. The molecule has 0 aromatic heterocycles. The van der Waals surface area contributed by atoms with Gasteiger partial charge >= 0.3 is 0 Å². The Hall–Kier alpha value is -2.50. The first-order chi connectivity index (χ1) is 20.7. The molecule has 228 valence electrons. The Labute approximate surface area is 263 Å². The summed E-state index contributed by atoms with van der Waals surface area (Å²) in [5, 5.41) is 5.27. The molecular weight excluding hydrogens is 605 g/mol. The molecule has 3 aromatic carbocycles. The monoisotopic (exact) mass is 641 g/mol. The number of amides is 1. The summed E-state index contributed by atoms with van der Waals surface area (Å²) >= 11 is 12.5. The molecule has 1 saturated carbocycles. The average molecular weight is 643 g/mol. The smallest absolute Gasteiger partial charge is 0.250 e. The maximum absolute atomic E-state index is 13.4. The molecule has 1 aliphatic carbocycles. The van der Waals surface area contributed by atoms with Gasteiger partial charge in [-0.25, -0.2) is 13.8 Å². The van der Waals surface area contributed by atoms with E-state index in [9.17, 15) is 13.2 Å². The molecule has 2 saturated heterocycles. The summed E-state index contributed by atoms with van der Waals surface area (Å²) in [4.78, 5) is 11.8. The second kappa shape index (κ2) is 12.9. The van der Waals surface area contributed by atoms with Gasteiger partial charge in [0.05, 0.1) is 16.6 Å². The van der Waals surface area contributed by atoms with Crippen molar-refractivity contribution in [3.63, 3.8) is 0 Å². The number of piperidine rings is 1. The van der Waals surface area contributed by atoms with E-state index >= 15 is 0 Å². The Morgan fingerprint density at radius 2 is 1.47 bits per heavy atom. The van der Waals surface area contributed by atoms with E-state index in [-0.39, 0.29) is 28.6 Å². The van der Waals surface area contributed by atoms with Crippen LogP contribution in [0, 0.1) is 11.8 Å².